The summed E-state index contributed by atoms with van der Waals surface area (Å²) in [4.78, 5) is 19.1. The summed E-state index contributed by atoms with van der Waals surface area (Å²) in [5, 5.41) is 8.78. The first-order chi connectivity index (χ1) is 6.75. The molecule has 1 saturated carbocycles. The molecule has 0 unspecified atom stereocenters. The molecule has 1 N–H and O–H groups in total. The zero-order chi connectivity index (χ0) is 9.71. The van der Waals surface area contributed by atoms with Gasteiger partial charge in [-0.3, -0.25) is 4.98 Å². The molecule has 0 saturated heterocycles. The van der Waals surface area contributed by atoms with Crippen LogP contribution in [0.2, 0.25) is 0 Å². The molecule has 0 spiro atoms. The van der Waals surface area contributed by atoms with Crippen LogP contribution >= 0.6 is 0 Å². The van der Waals surface area contributed by atoms with Crippen LogP contribution in [0.15, 0.2) is 6.20 Å². The molecule has 72 valence electrons. The lowest BCUT2D eigenvalue weighted by Gasteiger charge is -2.12. The average molecular weight is 190 g/mol. The summed E-state index contributed by atoms with van der Waals surface area (Å²) in [5.74, 6) is 0.0372. The summed E-state index contributed by atoms with van der Waals surface area (Å²) >= 11 is 0. The Hall–Kier alpha value is -1.45. The second-order valence-electron chi connectivity index (χ2n) is 4.04. The highest BCUT2D eigenvalue weighted by Gasteiger charge is 2.39. The van der Waals surface area contributed by atoms with Crippen molar-refractivity contribution in [1.82, 2.24) is 9.97 Å². The van der Waals surface area contributed by atoms with Crippen LogP contribution in [-0.4, -0.2) is 21.0 Å². The number of rotatable bonds is 1. The molecule has 1 fully saturated rings. The summed E-state index contributed by atoms with van der Waals surface area (Å²) in [6.07, 6.45) is 4.84. The molecule has 4 heteroatoms. The maximum atomic E-state index is 10.7. The van der Waals surface area contributed by atoms with Crippen molar-refractivity contribution >= 4 is 5.97 Å². The molecule has 0 aromatic carbocycles. The predicted molar refractivity (Wildman–Crippen MR) is 48.3 cm³/mol. The first-order valence-electron chi connectivity index (χ1n) is 4.86. The van der Waals surface area contributed by atoms with Gasteiger partial charge in [-0.25, -0.2) is 9.78 Å². The Bertz CT molecular complexity index is 417. The second-order valence-corrected chi connectivity index (χ2v) is 4.04. The third-order valence-corrected chi connectivity index (χ3v) is 3.25. The van der Waals surface area contributed by atoms with Gasteiger partial charge in [-0.05, 0) is 19.3 Å². The fourth-order valence-corrected chi connectivity index (χ4v) is 2.61. The van der Waals surface area contributed by atoms with Crippen molar-refractivity contribution in [1.29, 1.82) is 0 Å². The van der Waals surface area contributed by atoms with Crippen LogP contribution in [-0.2, 0) is 0 Å². The Morgan fingerprint density at radius 1 is 1.36 bits per heavy atom. The van der Waals surface area contributed by atoms with E-state index in [4.69, 9.17) is 5.11 Å². The van der Waals surface area contributed by atoms with E-state index in [1.165, 1.54) is 12.6 Å². The number of carboxylic acid groups (broad SMARTS) is 1. The summed E-state index contributed by atoms with van der Waals surface area (Å²) in [7, 11) is 0. The van der Waals surface area contributed by atoms with Crippen LogP contribution in [0, 0.1) is 0 Å². The van der Waals surface area contributed by atoms with Crippen molar-refractivity contribution in [2.24, 2.45) is 0 Å². The van der Waals surface area contributed by atoms with Crippen LogP contribution in [0.1, 0.15) is 53.0 Å². The fourth-order valence-electron chi connectivity index (χ4n) is 2.61. The van der Waals surface area contributed by atoms with Gasteiger partial charge >= 0.3 is 5.97 Å². The molecule has 1 aromatic heterocycles. The first-order valence-corrected chi connectivity index (χ1v) is 4.86. The third-order valence-electron chi connectivity index (χ3n) is 3.25. The van der Waals surface area contributed by atoms with Gasteiger partial charge < -0.3 is 5.11 Å². The van der Waals surface area contributed by atoms with Crippen LogP contribution in [0.3, 0.4) is 0 Å². The highest BCUT2D eigenvalue weighted by molar-refractivity contribution is 5.85. The number of nitrogens with zero attached hydrogens (tertiary/aromatic N) is 2. The fraction of sp³-hybridized carbons (Fsp3) is 0.500. The van der Waals surface area contributed by atoms with Crippen molar-refractivity contribution in [3.63, 3.8) is 0 Å². The van der Waals surface area contributed by atoms with E-state index in [0.717, 1.165) is 24.2 Å². The SMILES string of the molecule is O=C(O)c1cnc2c(n1)[C@@H]1CC[C@H]2C1. The van der Waals surface area contributed by atoms with Crippen LogP contribution in [0.5, 0.6) is 0 Å². The van der Waals surface area contributed by atoms with Gasteiger partial charge in [0.2, 0.25) is 0 Å². The monoisotopic (exact) mass is 190 g/mol. The van der Waals surface area contributed by atoms with E-state index in [-0.39, 0.29) is 5.69 Å². The Morgan fingerprint density at radius 2 is 2.07 bits per heavy atom. The standard InChI is InChI=1S/C10H10N2O2/c13-10(14)7-4-11-8-5-1-2-6(3-5)9(8)12-7/h4-6H,1-3H2,(H,13,14)/t5-,6+/m0/s1. The molecule has 14 heavy (non-hydrogen) atoms. The van der Waals surface area contributed by atoms with E-state index in [2.05, 4.69) is 9.97 Å². The van der Waals surface area contributed by atoms with E-state index in [1.807, 2.05) is 0 Å². The van der Waals surface area contributed by atoms with Crippen LogP contribution in [0.4, 0.5) is 0 Å². The predicted octanol–water partition coefficient (Wildman–Crippen LogP) is 1.54. The highest BCUT2D eigenvalue weighted by Crippen LogP contribution is 2.51. The number of carbonyl (C=O) groups is 1. The quantitative estimate of drug-likeness (QED) is 0.729. The Balaban J connectivity index is 2.12. The van der Waals surface area contributed by atoms with Crippen molar-refractivity contribution < 1.29 is 9.90 Å². The van der Waals surface area contributed by atoms with Crippen LogP contribution < -0.4 is 0 Å². The lowest BCUT2D eigenvalue weighted by atomic mass is 10.0. The molecule has 4 nitrogen and oxygen atoms in total. The van der Waals surface area contributed by atoms with E-state index < -0.39 is 5.97 Å². The van der Waals surface area contributed by atoms with E-state index in [1.54, 1.807) is 0 Å². The van der Waals surface area contributed by atoms with Gasteiger partial charge in [0.05, 0.1) is 17.6 Å². The molecule has 1 heterocycles. The number of fused-ring (bicyclic) bond motifs is 5. The first kappa shape index (κ1) is 7.91. The molecular formula is C10H10N2O2. The minimum absolute atomic E-state index is 0.0799. The summed E-state index contributed by atoms with van der Waals surface area (Å²) in [6.45, 7) is 0. The molecule has 2 aliphatic rings. The highest BCUT2D eigenvalue weighted by atomic mass is 16.4. The summed E-state index contributed by atoms with van der Waals surface area (Å²) in [6, 6.07) is 0. The minimum atomic E-state index is -0.983. The van der Waals surface area contributed by atoms with Gasteiger partial charge in [0, 0.05) is 11.8 Å². The van der Waals surface area contributed by atoms with Crippen molar-refractivity contribution in [3.8, 4) is 0 Å². The Labute approximate surface area is 81.0 Å². The number of aromatic nitrogens is 2. The second kappa shape index (κ2) is 2.53. The lowest BCUT2D eigenvalue weighted by molar-refractivity contribution is 0.0689. The number of hydrogen-bond donors (Lipinski definition) is 1. The molecule has 2 bridgehead atoms. The smallest absolute Gasteiger partial charge is 0.356 e. The van der Waals surface area contributed by atoms with Gasteiger partial charge in [0.25, 0.3) is 0 Å². The van der Waals surface area contributed by atoms with E-state index in [0.29, 0.717) is 11.8 Å². The van der Waals surface area contributed by atoms with Crippen molar-refractivity contribution in [2.75, 3.05) is 0 Å². The molecule has 2 atom stereocenters. The van der Waals surface area contributed by atoms with Crippen LogP contribution in [0.25, 0.3) is 0 Å². The Morgan fingerprint density at radius 3 is 2.79 bits per heavy atom. The van der Waals surface area contributed by atoms with Gasteiger partial charge in [-0.2, -0.15) is 0 Å². The van der Waals surface area contributed by atoms with Crippen molar-refractivity contribution in [3.05, 3.63) is 23.3 Å². The summed E-state index contributed by atoms with van der Waals surface area (Å²) < 4.78 is 0. The van der Waals surface area contributed by atoms with Gasteiger partial charge in [0.15, 0.2) is 5.69 Å². The molecule has 1 aromatic rings. The largest absolute Gasteiger partial charge is 0.476 e. The molecular weight excluding hydrogens is 180 g/mol. The van der Waals surface area contributed by atoms with Crippen molar-refractivity contribution in [2.45, 2.75) is 31.1 Å². The Kier molecular flexibility index (Phi) is 1.43. The number of hydrogen-bond acceptors (Lipinski definition) is 3. The lowest BCUT2D eigenvalue weighted by Crippen LogP contribution is -2.09. The van der Waals surface area contributed by atoms with E-state index in [9.17, 15) is 4.79 Å². The molecule has 0 radical (unpaired) electrons. The average Bonchev–Trinajstić information content (AvgIpc) is 2.77. The number of aromatic carboxylic acids is 1. The van der Waals surface area contributed by atoms with Gasteiger partial charge in [-0.15, -0.1) is 0 Å². The van der Waals surface area contributed by atoms with Gasteiger partial charge in [0.1, 0.15) is 0 Å². The zero-order valence-electron chi connectivity index (χ0n) is 7.60. The molecule has 3 rings (SSSR count). The van der Waals surface area contributed by atoms with E-state index >= 15 is 0 Å². The molecule has 2 aliphatic carbocycles. The maximum absolute atomic E-state index is 10.7. The number of carboxylic acids is 1. The summed E-state index contributed by atoms with van der Waals surface area (Å²) in [5.41, 5.74) is 2.07. The third kappa shape index (κ3) is 0.908. The normalized spacial score (nSPS) is 27.7. The molecule has 0 aliphatic heterocycles. The van der Waals surface area contributed by atoms with Gasteiger partial charge in [-0.1, -0.05) is 0 Å². The zero-order valence-corrected chi connectivity index (χ0v) is 7.60. The maximum Gasteiger partial charge on any atom is 0.356 e. The minimum Gasteiger partial charge on any atom is -0.476 e. The topological polar surface area (TPSA) is 63.1 Å². The molecule has 0 amide bonds.